The molecule has 3 rings (SSSR count). The van der Waals surface area contributed by atoms with Gasteiger partial charge in [-0.3, -0.25) is 4.90 Å². The quantitative estimate of drug-likeness (QED) is 0.686. The molecule has 0 spiro atoms. The zero-order valence-electron chi connectivity index (χ0n) is 15.5. The largest absolute Gasteiger partial charge is 0.300 e. The van der Waals surface area contributed by atoms with Crippen molar-refractivity contribution in [1.29, 1.82) is 0 Å². The summed E-state index contributed by atoms with van der Waals surface area (Å²) in [5.74, 6) is 0.0255. The van der Waals surface area contributed by atoms with Gasteiger partial charge in [-0.1, -0.05) is 48.5 Å². The number of hydrogen-bond acceptors (Lipinski definition) is 5. The normalized spacial score (nSPS) is 17.1. The molecule has 2 aromatic carbocycles. The van der Waals surface area contributed by atoms with Gasteiger partial charge in [0.25, 0.3) is 0 Å². The predicted molar refractivity (Wildman–Crippen MR) is 111 cm³/mol. The van der Waals surface area contributed by atoms with Gasteiger partial charge >= 0.3 is 0 Å². The summed E-state index contributed by atoms with van der Waals surface area (Å²) >= 11 is 0. The molecule has 0 aromatic heterocycles. The van der Waals surface area contributed by atoms with Crippen molar-refractivity contribution in [2.45, 2.75) is 4.90 Å². The zero-order valence-corrected chi connectivity index (χ0v) is 17.1. The molecule has 0 atom stereocenters. The van der Waals surface area contributed by atoms with Crippen LogP contribution in [0.1, 0.15) is 5.56 Å². The molecule has 0 radical (unpaired) electrons. The molecule has 0 aliphatic carbocycles. The molecule has 1 aliphatic rings. The van der Waals surface area contributed by atoms with Crippen LogP contribution in [0.15, 0.2) is 71.0 Å². The van der Waals surface area contributed by atoms with Crippen LogP contribution in [0.4, 0.5) is 0 Å². The molecule has 28 heavy (non-hydrogen) atoms. The van der Waals surface area contributed by atoms with Crippen LogP contribution < -0.4 is 0 Å². The van der Waals surface area contributed by atoms with Crippen molar-refractivity contribution < 1.29 is 16.8 Å². The lowest BCUT2D eigenvalue weighted by molar-refractivity contribution is 0.198. The van der Waals surface area contributed by atoms with Crippen LogP contribution in [0.3, 0.4) is 0 Å². The first-order chi connectivity index (χ1) is 13.4. The molecular weight excluding hydrogens is 396 g/mol. The number of sulfone groups is 1. The summed E-state index contributed by atoms with van der Waals surface area (Å²) in [7, 11) is -6.81. The maximum absolute atomic E-state index is 12.5. The Morgan fingerprint density at radius 2 is 1.36 bits per heavy atom. The van der Waals surface area contributed by atoms with Crippen LogP contribution >= 0.6 is 0 Å². The zero-order chi connectivity index (χ0) is 20.0. The summed E-state index contributed by atoms with van der Waals surface area (Å²) in [4.78, 5) is 2.32. The molecule has 1 heterocycles. The third-order valence-electron chi connectivity index (χ3n) is 4.70. The summed E-state index contributed by atoms with van der Waals surface area (Å²) in [5, 5.41) is 1.23. The first-order valence-corrected chi connectivity index (χ1v) is 12.3. The number of piperazine rings is 1. The van der Waals surface area contributed by atoms with Crippen LogP contribution in [0.5, 0.6) is 0 Å². The van der Waals surface area contributed by atoms with E-state index in [9.17, 15) is 16.8 Å². The fraction of sp³-hybridized carbons (Fsp3) is 0.300. The first-order valence-electron chi connectivity index (χ1n) is 9.10. The number of rotatable bonds is 7. The van der Waals surface area contributed by atoms with Crippen LogP contribution in [-0.4, -0.2) is 64.5 Å². The van der Waals surface area contributed by atoms with Gasteiger partial charge in [0.2, 0.25) is 10.0 Å². The monoisotopic (exact) mass is 420 g/mol. The smallest absolute Gasteiger partial charge is 0.236 e. The van der Waals surface area contributed by atoms with Gasteiger partial charge in [0.15, 0.2) is 9.84 Å². The van der Waals surface area contributed by atoms with E-state index in [0.717, 1.165) is 5.56 Å². The number of sulfonamides is 1. The summed E-state index contributed by atoms with van der Waals surface area (Å²) in [6.45, 7) is 2.14. The lowest BCUT2D eigenvalue weighted by atomic mass is 10.2. The molecule has 0 N–H and O–H groups in total. The van der Waals surface area contributed by atoms with Crippen LogP contribution in [0.25, 0.3) is 6.08 Å². The molecule has 150 valence electrons. The molecule has 0 amide bonds. The molecule has 1 aliphatic heterocycles. The van der Waals surface area contributed by atoms with E-state index in [-0.39, 0.29) is 5.75 Å². The highest BCUT2D eigenvalue weighted by Gasteiger charge is 2.26. The van der Waals surface area contributed by atoms with Crippen molar-refractivity contribution in [2.75, 3.05) is 38.5 Å². The maximum Gasteiger partial charge on any atom is 0.236 e. The van der Waals surface area contributed by atoms with Crippen molar-refractivity contribution in [3.63, 3.8) is 0 Å². The van der Waals surface area contributed by atoms with Crippen molar-refractivity contribution in [3.05, 3.63) is 71.6 Å². The first kappa shape index (κ1) is 20.7. The van der Waals surface area contributed by atoms with Gasteiger partial charge in [-0.2, -0.15) is 4.31 Å². The molecular formula is C20H24N2O4S2. The van der Waals surface area contributed by atoms with Gasteiger partial charge in [-0.25, -0.2) is 16.8 Å². The highest BCUT2D eigenvalue weighted by atomic mass is 32.2. The Morgan fingerprint density at radius 1 is 0.786 bits per heavy atom. The SMILES string of the molecule is O=S(=O)(CCN1CCN(S(=O)(=O)/C=C/c2ccccc2)CC1)c1ccccc1. The van der Waals surface area contributed by atoms with E-state index in [1.54, 1.807) is 36.4 Å². The highest BCUT2D eigenvalue weighted by Crippen LogP contribution is 2.14. The van der Waals surface area contributed by atoms with Gasteiger partial charge in [-0.15, -0.1) is 0 Å². The topological polar surface area (TPSA) is 74.8 Å². The third-order valence-corrected chi connectivity index (χ3v) is 7.98. The average Bonchev–Trinajstić information content (AvgIpc) is 2.73. The minimum atomic E-state index is -3.48. The number of benzene rings is 2. The molecule has 1 saturated heterocycles. The second kappa shape index (κ2) is 9.00. The minimum absolute atomic E-state index is 0.0255. The molecule has 0 unspecified atom stereocenters. The van der Waals surface area contributed by atoms with E-state index in [0.29, 0.717) is 37.6 Å². The Balaban J connectivity index is 1.52. The van der Waals surface area contributed by atoms with E-state index in [2.05, 4.69) is 0 Å². The predicted octanol–water partition coefficient (Wildman–Crippen LogP) is 2.08. The summed E-state index contributed by atoms with van der Waals surface area (Å²) in [5.41, 5.74) is 0.829. The highest BCUT2D eigenvalue weighted by molar-refractivity contribution is 7.92. The molecule has 8 heteroatoms. The lowest BCUT2D eigenvalue weighted by Crippen LogP contribution is -2.49. The minimum Gasteiger partial charge on any atom is -0.300 e. The van der Waals surface area contributed by atoms with Crippen molar-refractivity contribution >= 4 is 25.9 Å². The third kappa shape index (κ3) is 5.51. The van der Waals surface area contributed by atoms with Gasteiger partial charge in [0.1, 0.15) is 0 Å². The van der Waals surface area contributed by atoms with Crippen molar-refractivity contribution in [1.82, 2.24) is 9.21 Å². The Kier molecular flexibility index (Phi) is 6.66. The maximum atomic E-state index is 12.5. The van der Waals surface area contributed by atoms with Gasteiger partial charge < -0.3 is 0 Å². The fourth-order valence-corrected chi connectivity index (χ4v) is 5.50. The van der Waals surface area contributed by atoms with Crippen molar-refractivity contribution in [3.8, 4) is 0 Å². The molecule has 0 saturated carbocycles. The molecule has 1 fully saturated rings. The summed E-state index contributed by atoms with van der Waals surface area (Å²) < 4.78 is 51.2. The Bertz CT molecular complexity index is 997. The molecule has 0 bridgehead atoms. The second-order valence-corrected chi connectivity index (χ2v) is 10.6. The lowest BCUT2D eigenvalue weighted by Gasteiger charge is -2.33. The van der Waals surface area contributed by atoms with E-state index in [1.807, 2.05) is 35.2 Å². The standard InChI is InChI=1S/C20H24N2O4S2/c23-27(24,20-9-5-2-6-10-20)18-16-21-12-14-22(15-13-21)28(25,26)17-11-19-7-3-1-4-8-19/h1-11,17H,12-16,18H2/b17-11+. The summed E-state index contributed by atoms with van der Waals surface area (Å²) in [6, 6.07) is 17.7. The average molecular weight is 421 g/mol. The second-order valence-electron chi connectivity index (χ2n) is 6.63. The molecule has 2 aromatic rings. The number of nitrogens with zero attached hydrogens (tertiary/aromatic N) is 2. The van der Waals surface area contributed by atoms with Crippen LogP contribution in [0, 0.1) is 0 Å². The van der Waals surface area contributed by atoms with Gasteiger partial charge in [0.05, 0.1) is 10.6 Å². The van der Waals surface area contributed by atoms with Crippen LogP contribution in [-0.2, 0) is 19.9 Å². The van der Waals surface area contributed by atoms with E-state index >= 15 is 0 Å². The Hall–Kier alpha value is -2.00. The Morgan fingerprint density at radius 3 is 1.96 bits per heavy atom. The van der Waals surface area contributed by atoms with Crippen LogP contribution in [0.2, 0.25) is 0 Å². The molecule has 6 nitrogen and oxygen atoms in total. The number of hydrogen-bond donors (Lipinski definition) is 0. The van der Waals surface area contributed by atoms with Gasteiger partial charge in [-0.05, 0) is 23.8 Å². The van der Waals surface area contributed by atoms with Crippen molar-refractivity contribution in [2.24, 2.45) is 0 Å². The van der Waals surface area contributed by atoms with Gasteiger partial charge in [0, 0.05) is 38.1 Å². The Labute approximate surface area is 167 Å². The van der Waals surface area contributed by atoms with E-state index < -0.39 is 19.9 Å². The van der Waals surface area contributed by atoms with E-state index in [1.165, 1.54) is 9.71 Å². The van der Waals surface area contributed by atoms with E-state index in [4.69, 9.17) is 0 Å². The fourth-order valence-electron chi connectivity index (χ4n) is 3.02. The summed E-state index contributed by atoms with van der Waals surface area (Å²) in [6.07, 6.45) is 1.59.